The molecule has 0 aliphatic heterocycles. The standard InChI is InChI=1S/C9H12BrFN2/c1-13(2)5-6-3-7(11)4-8(10)9(6)12/h3-4H,5,12H2,1-2H3. The van der Waals surface area contributed by atoms with Crippen molar-refractivity contribution in [1.82, 2.24) is 4.90 Å². The van der Waals surface area contributed by atoms with Crippen LogP contribution in [0.2, 0.25) is 0 Å². The summed E-state index contributed by atoms with van der Waals surface area (Å²) in [5.74, 6) is -0.266. The van der Waals surface area contributed by atoms with E-state index >= 15 is 0 Å². The van der Waals surface area contributed by atoms with Crippen molar-refractivity contribution in [2.24, 2.45) is 0 Å². The molecule has 0 spiro atoms. The van der Waals surface area contributed by atoms with E-state index < -0.39 is 0 Å². The Morgan fingerprint density at radius 1 is 1.46 bits per heavy atom. The summed E-state index contributed by atoms with van der Waals surface area (Å²) in [6.07, 6.45) is 0. The van der Waals surface area contributed by atoms with Gasteiger partial charge in [-0.3, -0.25) is 0 Å². The predicted octanol–water partition coefficient (Wildman–Crippen LogP) is 2.23. The van der Waals surface area contributed by atoms with Crippen LogP contribution in [0, 0.1) is 5.82 Å². The van der Waals surface area contributed by atoms with Crippen LogP contribution in [0.3, 0.4) is 0 Å². The molecule has 0 heterocycles. The van der Waals surface area contributed by atoms with E-state index in [0.717, 1.165) is 5.56 Å². The summed E-state index contributed by atoms with van der Waals surface area (Å²) >= 11 is 3.20. The van der Waals surface area contributed by atoms with Gasteiger partial charge in [-0.25, -0.2) is 4.39 Å². The SMILES string of the molecule is CN(C)Cc1cc(F)cc(Br)c1N. The largest absolute Gasteiger partial charge is 0.398 e. The molecular weight excluding hydrogens is 235 g/mol. The van der Waals surface area contributed by atoms with E-state index in [1.54, 1.807) is 0 Å². The van der Waals surface area contributed by atoms with Gasteiger partial charge >= 0.3 is 0 Å². The van der Waals surface area contributed by atoms with Crippen LogP contribution in [0.4, 0.5) is 10.1 Å². The Balaban J connectivity index is 3.05. The van der Waals surface area contributed by atoms with E-state index in [0.29, 0.717) is 16.7 Å². The molecule has 1 aromatic rings. The van der Waals surface area contributed by atoms with Gasteiger partial charge in [-0.2, -0.15) is 0 Å². The molecule has 0 bridgehead atoms. The molecule has 0 aromatic heterocycles. The van der Waals surface area contributed by atoms with Crippen molar-refractivity contribution in [3.05, 3.63) is 28.0 Å². The lowest BCUT2D eigenvalue weighted by Gasteiger charge is -2.12. The van der Waals surface area contributed by atoms with Crippen LogP contribution in [0.5, 0.6) is 0 Å². The molecule has 0 saturated carbocycles. The zero-order valence-corrected chi connectivity index (χ0v) is 9.23. The van der Waals surface area contributed by atoms with Crippen molar-refractivity contribution in [2.75, 3.05) is 19.8 Å². The van der Waals surface area contributed by atoms with E-state index in [1.165, 1.54) is 12.1 Å². The lowest BCUT2D eigenvalue weighted by molar-refractivity contribution is 0.402. The van der Waals surface area contributed by atoms with Crippen molar-refractivity contribution in [3.8, 4) is 0 Å². The average Bonchev–Trinajstić information content (AvgIpc) is 1.98. The second-order valence-corrected chi connectivity index (χ2v) is 4.05. The van der Waals surface area contributed by atoms with Gasteiger partial charge < -0.3 is 10.6 Å². The Morgan fingerprint density at radius 3 is 2.62 bits per heavy atom. The molecule has 1 aromatic carbocycles. The minimum Gasteiger partial charge on any atom is -0.398 e. The molecule has 0 fully saturated rings. The number of nitrogens with two attached hydrogens (primary N) is 1. The molecule has 2 N–H and O–H groups in total. The number of anilines is 1. The molecule has 2 nitrogen and oxygen atoms in total. The summed E-state index contributed by atoms with van der Waals surface area (Å²) in [7, 11) is 3.83. The van der Waals surface area contributed by atoms with Gasteiger partial charge in [0, 0.05) is 11.0 Å². The third-order valence-electron chi connectivity index (χ3n) is 1.67. The Kier molecular flexibility index (Phi) is 3.27. The second kappa shape index (κ2) is 4.07. The zero-order valence-electron chi connectivity index (χ0n) is 7.64. The smallest absolute Gasteiger partial charge is 0.124 e. The van der Waals surface area contributed by atoms with Crippen molar-refractivity contribution >= 4 is 21.6 Å². The van der Waals surface area contributed by atoms with Gasteiger partial charge in [-0.15, -0.1) is 0 Å². The van der Waals surface area contributed by atoms with Crippen LogP contribution in [0.25, 0.3) is 0 Å². The van der Waals surface area contributed by atoms with E-state index in [-0.39, 0.29) is 5.82 Å². The maximum Gasteiger partial charge on any atom is 0.124 e. The highest BCUT2D eigenvalue weighted by molar-refractivity contribution is 9.10. The van der Waals surface area contributed by atoms with Crippen LogP contribution in [0.15, 0.2) is 16.6 Å². The van der Waals surface area contributed by atoms with Crippen LogP contribution < -0.4 is 5.73 Å². The fourth-order valence-corrected chi connectivity index (χ4v) is 1.58. The number of hydrogen-bond donors (Lipinski definition) is 1. The highest BCUT2D eigenvalue weighted by Gasteiger charge is 2.06. The van der Waals surface area contributed by atoms with Crippen LogP contribution in [0.1, 0.15) is 5.56 Å². The van der Waals surface area contributed by atoms with Crippen molar-refractivity contribution < 1.29 is 4.39 Å². The number of benzene rings is 1. The quantitative estimate of drug-likeness (QED) is 0.812. The van der Waals surface area contributed by atoms with Gasteiger partial charge in [0.25, 0.3) is 0 Å². The lowest BCUT2D eigenvalue weighted by Crippen LogP contribution is -2.12. The summed E-state index contributed by atoms with van der Waals surface area (Å²) in [4.78, 5) is 1.94. The van der Waals surface area contributed by atoms with Gasteiger partial charge in [0.1, 0.15) is 5.82 Å². The van der Waals surface area contributed by atoms with Crippen LogP contribution >= 0.6 is 15.9 Å². The highest BCUT2D eigenvalue weighted by atomic mass is 79.9. The molecular formula is C9H12BrFN2. The molecule has 4 heteroatoms. The van der Waals surface area contributed by atoms with E-state index in [9.17, 15) is 4.39 Å². The molecule has 13 heavy (non-hydrogen) atoms. The molecule has 0 aliphatic carbocycles. The topological polar surface area (TPSA) is 29.3 Å². The zero-order chi connectivity index (χ0) is 10.0. The van der Waals surface area contributed by atoms with Gasteiger partial charge in [0.05, 0.1) is 5.69 Å². The Labute approximate surface area is 85.7 Å². The average molecular weight is 247 g/mol. The molecule has 1 rings (SSSR count). The Morgan fingerprint density at radius 2 is 2.08 bits per heavy atom. The molecule has 0 aliphatic rings. The second-order valence-electron chi connectivity index (χ2n) is 3.20. The minimum absolute atomic E-state index is 0.266. The number of nitrogens with zero attached hydrogens (tertiary/aromatic N) is 1. The van der Waals surface area contributed by atoms with Gasteiger partial charge in [0.2, 0.25) is 0 Å². The monoisotopic (exact) mass is 246 g/mol. The maximum atomic E-state index is 13.0. The molecule has 0 saturated heterocycles. The van der Waals surface area contributed by atoms with Crippen molar-refractivity contribution in [3.63, 3.8) is 0 Å². The third-order valence-corrected chi connectivity index (χ3v) is 2.32. The number of halogens is 2. The predicted molar refractivity (Wildman–Crippen MR) is 55.9 cm³/mol. The first-order chi connectivity index (χ1) is 6.00. The van der Waals surface area contributed by atoms with Crippen LogP contribution in [-0.2, 0) is 6.54 Å². The number of hydrogen-bond acceptors (Lipinski definition) is 2. The van der Waals surface area contributed by atoms with E-state index in [1.807, 2.05) is 19.0 Å². The van der Waals surface area contributed by atoms with E-state index in [2.05, 4.69) is 15.9 Å². The Hall–Kier alpha value is -0.610. The van der Waals surface area contributed by atoms with Gasteiger partial charge in [0.15, 0.2) is 0 Å². The third kappa shape index (κ3) is 2.67. The summed E-state index contributed by atoms with van der Waals surface area (Å²) in [6, 6.07) is 2.83. The van der Waals surface area contributed by atoms with Crippen molar-refractivity contribution in [2.45, 2.75) is 6.54 Å². The van der Waals surface area contributed by atoms with Gasteiger partial charge in [-0.05, 0) is 47.7 Å². The fourth-order valence-electron chi connectivity index (χ4n) is 1.11. The first-order valence-corrected chi connectivity index (χ1v) is 4.68. The Bertz CT molecular complexity index is 313. The fraction of sp³-hybridized carbons (Fsp3) is 0.333. The van der Waals surface area contributed by atoms with E-state index in [4.69, 9.17) is 5.73 Å². The number of rotatable bonds is 2. The molecule has 0 unspecified atom stereocenters. The van der Waals surface area contributed by atoms with Crippen molar-refractivity contribution in [1.29, 1.82) is 0 Å². The maximum absolute atomic E-state index is 13.0. The molecule has 0 amide bonds. The first kappa shape index (κ1) is 10.5. The highest BCUT2D eigenvalue weighted by Crippen LogP contribution is 2.25. The minimum atomic E-state index is -0.266. The molecule has 72 valence electrons. The summed E-state index contributed by atoms with van der Waals surface area (Å²) in [5, 5.41) is 0. The number of nitrogen functional groups attached to an aromatic ring is 1. The van der Waals surface area contributed by atoms with Gasteiger partial charge in [-0.1, -0.05) is 0 Å². The molecule has 0 atom stereocenters. The van der Waals surface area contributed by atoms with Crippen LogP contribution in [-0.4, -0.2) is 19.0 Å². The lowest BCUT2D eigenvalue weighted by atomic mass is 10.1. The normalized spacial score (nSPS) is 10.8. The summed E-state index contributed by atoms with van der Waals surface area (Å²) < 4.78 is 13.6. The first-order valence-electron chi connectivity index (χ1n) is 3.89. The summed E-state index contributed by atoms with van der Waals surface area (Å²) in [6.45, 7) is 0.641. The summed E-state index contributed by atoms with van der Waals surface area (Å²) in [5.41, 5.74) is 7.17. The molecule has 0 radical (unpaired) electrons.